The van der Waals surface area contributed by atoms with Crippen LogP contribution in [0.15, 0.2) is 36.6 Å². The minimum atomic E-state index is -0.733. The summed E-state index contributed by atoms with van der Waals surface area (Å²) in [5.41, 5.74) is 0.591. The lowest BCUT2D eigenvalue weighted by molar-refractivity contribution is 0.309. The van der Waals surface area contributed by atoms with Crippen LogP contribution in [0.3, 0.4) is 0 Å². The molecule has 0 fully saturated rings. The zero-order chi connectivity index (χ0) is 16.4. The van der Waals surface area contributed by atoms with Crippen LogP contribution >= 0.6 is 15.9 Å². The topological polar surface area (TPSA) is 99.0 Å². The van der Waals surface area contributed by atoms with E-state index in [1.165, 1.54) is 18.2 Å². The third-order valence-corrected chi connectivity index (χ3v) is 3.62. The van der Waals surface area contributed by atoms with Crippen molar-refractivity contribution in [3.63, 3.8) is 0 Å². The molecule has 0 aliphatic rings. The third-order valence-electron chi connectivity index (χ3n) is 3.01. The van der Waals surface area contributed by atoms with Gasteiger partial charge in [-0.05, 0) is 50.9 Å². The number of nitrogens with zero attached hydrogens (tertiary/aromatic N) is 4. The van der Waals surface area contributed by atoms with Gasteiger partial charge < -0.3 is 5.32 Å². The zero-order valence-electron chi connectivity index (χ0n) is 11.9. The molecular weight excluding hydrogens is 373 g/mol. The number of halogens is 2. The molecule has 120 valence electrons. The average molecular weight is 384 g/mol. The Morgan fingerprint density at radius 1 is 1.35 bits per heavy atom. The summed E-state index contributed by atoms with van der Waals surface area (Å²) in [7, 11) is 0. The van der Waals surface area contributed by atoms with Crippen molar-refractivity contribution >= 4 is 21.7 Å². The predicted molar refractivity (Wildman–Crippen MR) is 81.8 cm³/mol. The Kier molecular flexibility index (Phi) is 4.24. The molecule has 0 bridgehead atoms. The van der Waals surface area contributed by atoms with Crippen LogP contribution in [0.25, 0.3) is 17.2 Å². The Morgan fingerprint density at radius 2 is 2.17 bits per heavy atom. The smallest absolute Gasteiger partial charge is 0.365 e. The molecule has 0 aliphatic heterocycles. The van der Waals surface area contributed by atoms with E-state index in [-0.39, 0.29) is 16.0 Å². The van der Waals surface area contributed by atoms with Gasteiger partial charge in [0.2, 0.25) is 11.6 Å². The van der Waals surface area contributed by atoms with Gasteiger partial charge in [0.15, 0.2) is 5.69 Å². The van der Waals surface area contributed by atoms with E-state index in [1.807, 2.05) is 6.92 Å². The van der Waals surface area contributed by atoms with Crippen LogP contribution in [0.5, 0.6) is 0 Å². The van der Waals surface area contributed by atoms with Crippen LogP contribution in [0.2, 0.25) is 0 Å². The fourth-order valence-corrected chi connectivity index (χ4v) is 2.31. The van der Waals surface area contributed by atoms with Gasteiger partial charge in [0.25, 0.3) is 0 Å². The van der Waals surface area contributed by atoms with E-state index in [4.69, 9.17) is 9.15 Å². The van der Waals surface area contributed by atoms with Gasteiger partial charge in [-0.2, -0.15) is 0 Å². The zero-order valence-corrected chi connectivity index (χ0v) is 13.5. The molecule has 0 amide bonds. The van der Waals surface area contributed by atoms with Crippen molar-refractivity contribution in [2.45, 2.75) is 13.3 Å². The summed E-state index contributed by atoms with van der Waals surface area (Å²) in [4.78, 5) is 12.0. The maximum Gasteiger partial charge on any atom is 0.446 e. The lowest BCUT2D eigenvalue weighted by Crippen LogP contribution is -2.14. The number of nitrogens with one attached hydrogen (secondary N) is 1. The molecular formula is C13H11BrFN5O3. The van der Waals surface area contributed by atoms with E-state index in [1.54, 1.807) is 0 Å². The highest BCUT2D eigenvalue weighted by Crippen LogP contribution is 2.26. The second kappa shape index (κ2) is 6.32. The molecule has 0 radical (unpaired) electrons. The fourth-order valence-electron chi connectivity index (χ4n) is 1.95. The van der Waals surface area contributed by atoms with Crippen molar-refractivity contribution in [2.24, 2.45) is 0 Å². The average Bonchev–Trinajstić information content (AvgIpc) is 3.14. The van der Waals surface area contributed by atoms with Gasteiger partial charge in [0.05, 0.1) is 10.2 Å². The monoisotopic (exact) mass is 383 g/mol. The van der Waals surface area contributed by atoms with Gasteiger partial charge in [0.1, 0.15) is 5.82 Å². The molecule has 1 N–H and O–H groups in total. The van der Waals surface area contributed by atoms with Crippen LogP contribution in [0.4, 0.5) is 10.2 Å². The number of hydrogen-bond acceptors (Lipinski definition) is 7. The van der Waals surface area contributed by atoms with Crippen molar-refractivity contribution in [2.75, 3.05) is 11.9 Å². The number of rotatable bonds is 5. The van der Waals surface area contributed by atoms with Crippen molar-refractivity contribution in [1.82, 2.24) is 20.0 Å². The van der Waals surface area contributed by atoms with Crippen molar-refractivity contribution < 1.29 is 13.5 Å². The number of anilines is 1. The molecule has 3 rings (SSSR count). The number of hydrogen-bond donors (Lipinski definition) is 1. The fraction of sp³-hybridized carbons (Fsp3) is 0.231. The molecule has 0 saturated heterocycles. The van der Waals surface area contributed by atoms with Gasteiger partial charge in [-0.25, -0.2) is 18.4 Å². The summed E-state index contributed by atoms with van der Waals surface area (Å²) in [6.07, 6.45) is 0.864. The SMILES string of the molecule is CCCNc1nonc1-c1noc(=O)n1-c1ccc(F)c(Br)c1. The second-order valence-corrected chi connectivity index (χ2v) is 5.45. The second-order valence-electron chi connectivity index (χ2n) is 4.59. The maximum absolute atomic E-state index is 13.4. The number of benzene rings is 1. The van der Waals surface area contributed by atoms with Crippen molar-refractivity contribution in [3.05, 3.63) is 39.0 Å². The summed E-state index contributed by atoms with van der Waals surface area (Å²) in [5.74, 6) is -0.736. The van der Waals surface area contributed by atoms with Crippen LogP contribution in [-0.4, -0.2) is 26.6 Å². The van der Waals surface area contributed by atoms with Gasteiger partial charge in [-0.1, -0.05) is 12.1 Å². The van der Waals surface area contributed by atoms with Gasteiger partial charge >= 0.3 is 5.76 Å². The summed E-state index contributed by atoms with van der Waals surface area (Å²) >= 11 is 3.08. The first kappa shape index (κ1) is 15.4. The lowest BCUT2D eigenvalue weighted by Gasteiger charge is -2.05. The molecule has 0 aliphatic carbocycles. The summed E-state index contributed by atoms with van der Waals surface area (Å²) in [6.45, 7) is 2.63. The van der Waals surface area contributed by atoms with E-state index in [9.17, 15) is 9.18 Å². The Morgan fingerprint density at radius 3 is 2.91 bits per heavy atom. The molecule has 23 heavy (non-hydrogen) atoms. The highest BCUT2D eigenvalue weighted by molar-refractivity contribution is 9.10. The van der Waals surface area contributed by atoms with Crippen molar-refractivity contribution in [1.29, 1.82) is 0 Å². The Hall–Kier alpha value is -2.49. The van der Waals surface area contributed by atoms with E-state index >= 15 is 0 Å². The van der Waals surface area contributed by atoms with Crippen LogP contribution in [0, 0.1) is 5.82 Å². The minimum Gasteiger partial charge on any atom is -0.365 e. The number of aromatic nitrogens is 4. The summed E-state index contributed by atoms with van der Waals surface area (Å²) in [6, 6.07) is 4.08. The van der Waals surface area contributed by atoms with E-state index in [2.05, 4.69) is 36.7 Å². The van der Waals surface area contributed by atoms with Crippen LogP contribution in [-0.2, 0) is 0 Å². The summed E-state index contributed by atoms with van der Waals surface area (Å²) in [5, 5.41) is 14.2. The molecule has 1 aromatic carbocycles. The quantitative estimate of drug-likeness (QED) is 0.722. The molecule has 0 atom stereocenters. The van der Waals surface area contributed by atoms with Crippen molar-refractivity contribution in [3.8, 4) is 17.2 Å². The van der Waals surface area contributed by atoms with E-state index in [0.717, 1.165) is 11.0 Å². The van der Waals surface area contributed by atoms with Gasteiger partial charge in [0, 0.05) is 6.54 Å². The maximum atomic E-state index is 13.4. The van der Waals surface area contributed by atoms with E-state index < -0.39 is 11.6 Å². The molecule has 0 saturated carbocycles. The third kappa shape index (κ3) is 2.89. The largest absolute Gasteiger partial charge is 0.446 e. The molecule has 2 aromatic heterocycles. The first-order valence-corrected chi connectivity index (χ1v) is 7.52. The highest BCUT2D eigenvalue weighted by atomic mass is 79.9. The molecule has 3 aromatic rings. The van der Waals surface area contributed by atoms with Gasteiger partial charge in [-0.3, -0.25) is 4.52 Å². The van der Waals surface area contributed by atoms with Crippen LogP contribution < -0.4 is 11.1 Å². The highest BCUT2D eigenvalue weighted by Gasteiger charge is 2.22. The Bertz CT molecular complexity index is 888. The van der Waals surface area contributed by atoms with Crippen LogP contribution in [0.1, 0.15) is 13.3 Å². The molecule has 0 spiro atoms. The minimum absolute atomic E-state index is 0.105. The standard InChI is InChI=1S/C13H11BrFN5O3/c1-2-5-16-11-10(17-23-18-11)12-19-22-13(21)20(12)7-3-4-9(15)8(14)6-7/h3-4,6H,2,5H2,1H3,(H,16,18). The molecule has 2 heterocycles. The normalized spacial score (nSPS) is 10.9. The summed E-state index contributed by atoms with van der Waals surface area (Å²) < 4.78 is 24.2. The first-order valence-electron chi connectivity index (χ1n) is 6.72. The first-order chi connectivity index (χ1) is 11.1. The van der Waals surface area contributed by atoms with Gasteiger partial charge in [-0.15, -0.1) is 0 Å². The lowest BCUT2D eigenvalue weighted by atomic mass is 10.3. The molecule has 0 unspecified atom stereocenters. The van der Waals surface area contributed by atoms with E-state index in [0.29, 0.717) is 18.1 Å². The molecule has 8 nitrogen and oxygen atoms in total. The predicted octanol–water partition coefficient (Wildman–Crippen LogP) is 2.60. The Labute approximate surface area is 137 Å². The molecule has 10 heteroatoms. The Balaban J connectivity index is 2.11.